The summed E-state index contributed by atoms with van der Waals surface area (Å²) in [6, 6.07) is 0. The van der Waals surface area contributed by atoms with Crippen LogP contribution in [0.4, 0.5) is 0 Å². The third-order valence-electron chi connectivity index (χ3n) is 1.98. The minimum absolute atomic E-state index is 0.617. The molecule has 0 N–H and O–H groups in total. The van der Waals surface area contributed by atoms with Crippen LogP contribution >= 0.6 is 0 Å². The quantitative estimate of drug-likeness (QED) is 0.485. The summed E-state index contributed by atoms with van der Waals surface area (Å²) < 4.78 is 10.3. The van der Waals surface area contributed by atoms with Gasteiger partial charge in [-0.3, -0.25) is 9.98 Å². The van der Waals surface area contributed by atoms with Crippen molar-refractivity contribution >= 4 is 24.2 Å². The minimum Gasteiger partial charge on any atom is -0.475 e. The Morgan fingerprint density at radius 1 is 0.938 bits per heavy atom. The van der Waals surface area contributed by atoms with E-state index in [2.05, 4.69) is 20.0 Å². The maximum atomic E-state index is 5.16. The van der Waals surface area contributed by atoms with Crippen molar-refractivity contribution in [3.05, 3.63) is 0 Å². The Kier molecular flexibility index (Phi) is 4.04. The average molecular weight is 222 g/mol. The predicted molar refractivity (Wildman–Crippen MR) is 63.2 cm³/mol. The van der Waals surface area contributed by atoms with Gasteiger partial charge in [-0.05, 0) is 0 Å². The molecule has 2 aliphatic heterocycles. The van der Waals surface area contributed by atoms with Crippen molar-refractivity contribution in [1.82, 2.24) is 0 Å². The Morgan fingerprint density at radius 3 is 1.81 bits per heavy atom. The third-order valence-corrected chi connectivity index (χ3v) is 1.98. The molecule has 0 aromatic rings. The van der Waals surface area contributed by atoms with Crippen LogP contribution in [0.5, 0.6) is 0 Å². The molecule has 0 unspecified atom stereocenters. The van der Waals surface area contributed by atoms with Crippen molar-refractivity contribution in [3.8, 4) is 0 Å². The fourth-order valence-corrected chi connectivity index (χ4v) is 1.26. The Hall–Kier alpha value is -1.72. The lowest BCUT2D eigenvalue weighted by Gasteiger charge is -1.93. The van der Waals surface area contributed by atoms with Crippen molar-refractivity contribution in [2.45, 2.75) is 0 Å². The highest BCUT2D eigenvalue weighted by molar-refractivity contribution is 6.27. The van der Waals surface area contributed by atoms with E-state index in [9.17, 15) is 0 Å². The highest BCUT2D eigenvalue weighted by Crippen LogP contribution is 1.92. The van der Waals surface area contributed by atoms with E-state index in [1.54, 1.807) is 12.4 Å². The molecule has 0 saturated heterocycles. The fraction of sp³-hybridized carbons (Fsp3) is 0.600. The first-order valence-electron chi connectivity index (χ1n) is 5.29. The van der Waals surface area contributed by atoms with Crippen LogP contribution in [0.25, 0.3) is 0 Å². The van der Waals surface area contributed by atoms with Crippen molar-refractivity contribution in [3.63, 3.8) is 0 Å². The van der Waals surface area contributed by atoms with E-state index in [0.29, 0.717) is 38.1 Å². The monoisotopic (exact) mass is 222 g/mol. The molecule has 86 valence electrons. The van der Waals surface area contributed by atoms with Gasteiger partial charge in [-0.25, -0.2) is 9.98 Å². The Labute approximate surface area is 93.8 Å². The van der Waals surface area contributed by atoms with Crippen molar-refractivity contribution < 1.29 is 9.47 Å². The molecule has 0 aliphatic carbocycles. The van der Waals surface area contributed by atoms with E-state index in [1.807, 2.05) is 0 Å². The number of aliphatic imine (C=N–C) groups is 4. The smallest absolute Gasteiger partial charge is 0.227 e. The van der Waals surface area contributed by atoms with Crippen LogP contribution in [0.1, 0.15) is 0 Å². The number of rotatable bonds is 5. The second kappa shape index (κ2) is 5.99. The number of hydrogen-bond donors (Lipinski definition) is 0. The molecule has 0 radical (unpaired) electrons. The predicted octanol–water partition coefficient (Wildman–Crippen LogP) is -0.0146. The van der Waals surface area contributed by atoms with Crippen LogP contribution in [-0.4, -0.2) is 63.6 Å². The molecule has 2 aliphatic rings. The first-order chi connectivity index (χ1) is 7.95. The summed E-state index contributed by atoms with van der Waals surface area (Å²) in [5.41, 5.74) is 0. The van der Waals surface area contributed by atoms with Gasteiger partial charge >= 0.3 is 0 Å². The van der Waals surface area contributed by atoms with Crippen molar-refractivity contribution in [1.29, 1.82) is 0 Å². The van der Waals surface area contributed by atoms with Gasteiger partial charge in [0.25, 0.3) is 0 Å². The second-order valence-electron chi connectivity index (χ2n) is 3.21. The average Bonchev–Trinajstić information content (AvgIpc) is 2.96. The highest BCUT2D eigenvalue weighted by atomic mass is 16.5. The fourth-order valence-electron chi connectivity index (χ4n) is 1.26. The zero-order valence-corrected chi connectivity index (χ0v) is 9.00. The lowest BCUT2D eigenvalue weighted by atomic mass is 10.6. The van der Waals surface area contributed by atoms with E-state index in [4.69, 9.17) is 9.47 Å². The van der Waals surface area contributed by atoms with Crippen LogP contribution < -0.4 is 0 Å². The Morgan fingerprint density at radius 2 is 1.44 bits per heavy atom. The highest BCUT2D eigenvalue weighted by Gasteiger charge is 2.03. The van der Waals surface area contributed by atoms with Crippen LogP contribution in [0, 0.1) is 0 Å². The van der Waals surface area contributed by atoms with Gasteiger partial charge in [-0.15, -0.1) is 0 Å². The Balaban J connectivity index is 1.60. The van der Waals surface area contributed by atoms with E-state index in [1.165, 1.54) is 0 Å². The molecule has 0 atom stereocenters. The van der Waals surface area contributed by atoms with Crippen LogP contribution in [0.2, 0.25) is 0 Å². The van der Waals surface area contributed by atoms with E-state index < -0.39 is 0 Å². The molecule has 0 saturated carbocycles. The Bertz CT molecular complexity index is 313. The van der Waals surface area contributed by atoms with E-state index in [-0.39, 0.29) is 0 Å². The van der Waals surface area contributed by atoms with Gasteiger partial charge in [0.2, 0.25) is 11.8 Å². The summed E-state index contributed by atoms with van der Waals surface area (Å²) in [7, 11) is 0. The first-order valence-corrected chi connectivity index (χ1v) is 5.29. The van der Waals surface area contributed by atoms with Crippen molar-refractivity contribution in [2.24, 2.45) is 20.0 Å². The van der Waals surface area contributed by atoms with E-state index in [0.717, 1.165) is 13.1 Å². The summed E-state index contributed by atoms with van der Waals surface area (Å²) in [6.45, 7) is 4.03. The molecule has 2 heterocycles. The topological polar surface area (TPSA) is 67.9 Å². The number of hydrogen-bond acceptors (Lipinski definition) is 6. The SMILES string of the molecule is C(=NCCN=CC1=NCCO1)C1=NCCO1. The molecule has 16 heavy (non-hydrogen) atoms. The van der Waals surface area contributed by atoms with E-state index >= 15 is 0 Å². The number of nitrogens with zero attached hydrogens (tertiary/aromatic N) is 4. The zero-order chi connectivity index (χ0) is 11.1. The van der Waals surface area contributed by atoms with Gasteiger partial charge in [0.1, 0.15) is 13.2 Å². The van der Waals surface area contributed by atoms with Gasteiger partial charge in [-0.2, -0.15) is 0 Å². The molecule has 0 bridgehead atoms. The maximum absolute atomic E-state index is 5.16. The first kappa shape index (κ1) is 10.8. The molecule has 6 heteroatoms. The van der Waals surface area contributed by atoms with Gasteiger partial charge in [0.05, 0.1) is 38.6 Å². The molecule has 0 fully saturated rings. The molecular weight excluding hydrogens is 208 g/mol. The molecule has 2 rings (SSSR count). The lowest BCUT2D eigenvalue weighted by Crippen LogP contribution is -2.02. The second-order valence-corrected chi connectivity index (χ2v) is 3.21. The van der Waals surface area contributed by atoms with Crippen LogP contribution in [-0.2, 0) is 9.47 Å². The lowest BCUT2D eigenvalue weighted by molar-refractivity contribution is 0.353. The van der Waals surface area contributed by atoms with Gasteiger partial charge in [-0.1, -0.05) is 0 Å². The summed E-state index contributed by atoms with van der Waals surface area (Å²) in [4.78, 5) is 16.5. The zero-order valence-electron chi connectivity index (χ0n) is 9.00. The minimum atomic E-state index is 0.617. The molecule has 0 spiro atoms. The van der Waals surface area contributed by atoms with Crippen molar-refractivity contribution in [2.75, 3.05) is 39.4 Å². The normalized spacial score (nSPS) is 20.0. The molecular formula is C10H14N4O2. The summed E-state index contributed by atoms with van der Waals surface area (Å²) in [5.74, 6) is 1.24. The summed E-state index contributed by atoms with van der Waals surface area (Å²) in [6.07, 6.45) is 3.29. The third kappa shape index (κ3) is 3.45. The standard InChI is InChI=1S/C10H14N4O2/c1(11-7-9-13-3-5-15-9)2-12-8-10-14-4-6-16-10/h7-8H,1-6H2. The van der Waals surface area contributed by atoms with Crippen LogP contribution in [0.15, 0.2) is 20.0 Å². The maximum Gasteiger partial charge on any atom is 0.227 e. The number of ether oxygens (including phenoxy) is 2. The van der Waals surface area contributed by atoms with Gasteiger partial charge in [0.15, 0.2) is 0 Å². The summed E-state index contributed by atoms with van der Waals surface area (Å²) in [5, 5.41) is 0. The molecule has 0 aromatic heterocycles. The largest absolute Gasteiger partial charge is 0.475 e. The molecule has 6 nitrogen and oxygen atoms in total. The molecule has 0 aromatic carbocycles. The van der Waals surface area contributed by atoms with Crippen LogP contribution in [0.3, 0.4) is 0 Å². The van der Waals surface area contributed by atoms with Gasteiger partial charge < -0.3 is 9.47 Å². The molecule has 0 amide bonds. The summed E-state index contributed by atoms with van der Waals surface area (Å²) >= 11 is 0. The van der Waals surface area contributed by atoms with Gasteiger partial charge in [0, 0.05) is 0 Å².